The van der Waals surface area contributed by atoms with Crippen molar-refractivity contribution in [3.63, 3.8) is 0 Å². The minimum Gasteiger partial charge on any atom is -0.493 e. The van der Waals surface area contributed by atoms with E-state index in [0.717, 1.165) is 12.8 Å². The van der Waals surface area contributed by atoms with E-state index in [0.29, 0.717) is 30.2 Å². The summed E-state index contributed by atoms with van der Waals surface area (Å²) in [6.45, 7) is 5.24. The van der Waals surface area contributed by atoms with Gasteiger partial charge in [-0.25, -0.2) is 0 Å². The molecule has 0 saturated heterocycles. The van der Waals surface area contributed by atoms with Gasteiger partial charge in [-0.3, -0.25) is 4.79 Å². The van der Waals surface area contributed by atoms with Gasteiger partial charge in [0.05, 0.1) is 13.2 Å². The van der Waals surface area contributed by atoms with E-state index >= 15 is 0 Å². The van der Waals surface area contributed by atoms with Gasteiger partial charge in [0.1, 0.15) is 0 Å². The Kier molecular flexibility index (Phi) is 8.03. The molecule has 1 amide bonds. The van der Waals surface area contributed by atoms with Crippen LogP contribution in [-0.4, -0.2) is 44.2 Å². The monoisotopic (exact) mass is 370 g/mol. The highest BCUT2D eigenvalue weighted by atomic mass is 35.5. The van der Waals surface area contributed by atoms with E-state index in [1.807, 2.05) is 6.07 Å². The van der Waals surface area contributed by atoms with Crippen molar-refractivity contribution < 1.29 is 14.3 Å². The molecule has 1 fully saturated rings. The third kappa shape index (κ3) is 5.79. The number of amides is 1. The number of halogens is 1. The third-order valence-corrected chi connectivity index (χ3v) is 4.57. The number of hydrogen-bond donors (Lipinski definition) is 1. The van der Waals surface area contributed by atoms with Crippen LogP contribution in [-0.2, 0) is 0 Å². The molecule has 0 unspecified atom stereocenters. The average molecular weight is 371 g/mol. The Morgan fingerprint density at radius 1 is 1.28 bits per heavy atom. The standard InChI is InChI=1S/C19H30N2O3.ClH/c1-19(2,12-20)13-21(3)18(22)14-9-10-16(17(11-14)23-4)24-15-7-5-6-8-15;/h9-11,15H,5-8,12-13,20H2,1-4H3;1H. The number of hydrogen-bond acceptors (Lipinski definition) is 4. The third-order valence-electron chi connectivity index (χ3n) is 4.57. The van der Waals surface area contributed by atoms with Crippen LogP contribution in [0.2, 0.25) is 0 Å². The summed E-state index contributed by atoms with van der Waals surface area (Å²) in [6, 6.07) is 5.41. The highest BCUT2D eigenvalue weighted by molar-refractivity contribution is 5.94. The van der Waals surface area contributed by atoms with Crippen LogP contribution in [0.1, 0.15) is 49.9 Å². The van der Waals surface area contributed by atoms with E-state index < -0.39 is 0 Å². The van der Waals surface area contributed by atoms with Gasteiger partial charge >= 0.3 is 0 Å². The van der Waals surface area contributed by atoms with Crippen molar-refractivity contribution in [1.82, 2.24) is 4.90 Å². The second-order valence-electron chi connectivity index (χ2n) is 7.42. The lowest BCUT2D eigenvalue weighted by molar-refractivity contribution is 0.0740. The van der Waals surface area contributed by atoms with Crippen LogP contribution < -0.4 is 15.2 Å². The molecule has 1 saturated carbocycles. The van der Waals surface area contributed by atoms with Gasteiger partial charge in [0, 0.05) is 19.2 Å². The number of benzene rings is 1. The van der Waals surface area contributed by atoms with Crippen LogP contribution in [0, 0.1) is 5.41 Å². The van der Waals surface area contributed by atoms with Crippen LogP contribution in [0.25, 0.3) is 0 Å². The van der Waals surface area contributed by atoms with Crippen molar-refractivity contribution in [2.24, 2.45) is 11.1 Å². The maximum Gasteiger partial charge on any atom is 0.253 e. The number of methoxy groups -OCH3 is 1. The lowest BCUT2D eigenvalue weighted by atomic mass is 9.93. The molecule has 0 spiro atoms. The minimum atomic E-state index is -0.111. The predicted octanol–water partition coefficient (Wildman–Crippen LogP) is 3.50. The molecule has 1 aliphatic carbocycles. The zero-order valence-corrected chi connectivity index (χ0v) is 16.5. The van der Waals surface area contributed by atoms with Crippen LogP contribution in [0.4, 0.5) is 0 Å². The van der Waals surface area contributed by atoms with Gasteiger partial charge in [0.15, 0.2) is 11.5 Å². The van der Waals surface area contributed by atoms with Gasteiger partial charge in [-0.2, -0.15) is 0 Å². The average Bonchev–Trinajstić information content (AvgIpc) is 3.07. The maximum atomic E-state index is 12.7. The number of nitrogens with two attached hydrogens (primary N) is 1. The highest BCUT2D eigenvalue weighted by Crippen LogP contribution is 2.32. The van der Waals surface area contributed by atoms with Gasteiger partial charge < -0.3 is 20.1 Å². The number of ether oxygens (including phenoxy) is 2. The predicted molar refractivity (Wildman–Crippen MR) is 103 cm³/mol. The highest BCUT2D eigenvalue weighted by Gasteiger charge is 2.23. The number of nitrogens with zero attached hydrogens (tertiary/aromatic N) is 1. The van der Waals surface area contributed by atoms with Crippen molar-refractivity contribution in [3.8, 4) is 11.5 Å². The van der Waals surface area contributed by atoms with Crippen molar-refractivity contribution in [2.45, 2.75) is 45.6 Å². The van der Waals surface area contributed by atoms with E-state index in [1.54, 1.807) is 31.2 Å². The first kappa shape index (κ1) is 21.6. The first-order valence-electron chi connectivity index (χ1n) is 8.66. The van der Waals surface area contributed by atoms with Crippen LogP contribution in [0.15, 0.2) is 18.2 Å². The van der Waals surface area contributed by atoms with E-state index in [9.17, 15) is 4.79 Å². The van der Waals surface area contributed by atoms with E-state index in [2.05, 4.69) is 13.8 Å². The normalized spacial score (nSPS) is 14.8. The van der Waals surface area contributed by atoms with Crippen molar-refractivity contribution in [3.05, 3.63) is 23.8 Å². The Morgan fingerprint density at radius 3 is 2.48 bits per heavy atom. The zero-order valence-electron chi connectivity index (χ0n) is 15.7. The molecule has 0 bridgehead atoms. The molecule has 0 heterocycles. The topological polar surface area (TPSA) is 64.8 Å². The molecule has 25 heavy (non-hydrogen) atoms. The summed E-state index contributed by atoms with van der Waals surface area (Å²) < 4.78 is 11.5. The number of carbonyl (C=O) groups excluding carboxylic acids is 1. The summed E-state index contributed by atoms with van der Waals surface area (Å²) in [7, 11) is 3.40. The summed E-state index contributed by atoms with van der Waals surface area (Å²) in [5.74, 6) is 1.28. The Morgan fingerprint density at radius 2 is 1.92 bits per heavy atom. The molecule has 0 radical (unpaired) electrons. The minimum absolute atomic E-state index is 0. The van der Waals surface area contributed by atoms with Gasteiger partial charge in [0.2, 0.25) is 0 Å². The molecule has 6 heteroatoms. The van der Waals surface area contributed by atoms with Crippen molar-refractivity contribution in [1.29, 1.82) is 0 Å². The molecule has 0 atom stereocenters. The Hall–Kier alpha value is -1.46. The molecule has 142 valence electrons. The maximum absolute atomic E-state index is 12.7. The fourth-order valence-corrected chi connectivity index (χ4v) is 3.08. The molecule has 1 aromatic carbocycles. The Labute approximate surface area is 157 Å². The number of carbonyl (C=O) groups is 1. The van der Waals surface area contributed by atoms with E-state index in [1.165, 1.54) is 12.8 Å². The smallest absolute Gasteiger partial charge is 0.253 e. The Bertz CT molecular complexity index is 572. The summed E-state index contributed by atoms with van der Waals surface area (Å²) in [5, 5.41) is 0. The second kappa shape index (κ2) is 9.30. The van der Waals surface area contributed by atoms with E-state index in [4.69, 9.17) is 15.2 Å². The molecular formula is C19H31ClN2O3. The van der Waals surface area contributed by atoms with Gasteiger partial charge in [0.25, 0.3) is 5.91 Å². The summed E-state index contributed by atoms with van der Waals surface area (Å²) >= 11 is 0. The second-order valence-corrected chi connectivity index (χ2v) is 7.42. The molecule has 2 N–H and O–H groups in total. The fourth-order valence-electron chi connectivity index (χ4n) is 3.08. The summed E-state index contributed by atoms with van der Waals surface area (Å²) in [4.78, 5) is 14.4. The fraction of sp³-hybridized carbons (Fsp3) is 0.632. The summed E-state index contributed by atoms with van der Waals surface area (Å²) in [6.07, 6.45) is 4.85. The first-order valence-corrected chi connectivity index (χ1v) is 8.66. The van der Waals surface area contributed by atoms with Gasteiger partial charge in [-0.1, -0.05) is 13.8 Å². The zero-order chi connectivity index (χ0) is 17.7. The largest absolute Gasteiger partial charge is 0.493 e. The molecule has 1 aliphatic rings. The lowest BCUT2D eigenvalue weighted by Gasteiger charge is -2.29. The molecule has 0 aliphatic heterocycles. The molecule has 1 aromatic rings. The SMILES string of the molecule is COc1cc(C(=O)N(C)CC(C)(C)CN)ccc1OC1CCCC1.Cl. The van der Waals surface area contributed by atoms with Crippen LogP contribution in [0.3, 0.4) is 0 Å². The van der Waals surface area contributed by atoms with Crippen LogP contribution >= 0.6 is 12.4 Å². The molecular weight excluding hydrogens is 340 g/mol. The first-order chi connectivity index (χ1) is 11.4. The summed E-state index contributed by atoms with van der Waals surface area (Å²) in [5.41, 5.74) is 6.25. The van der Waals surface area contributed by atoms with E-state index in [-0.39, 0.29) is 29.8 Å². The lowest BCUT2D eigenvalue weighted by Crippen LogP contribution is -2.39. The molecule has 0 aromatic heterocycles. The molecule has 2 rings (SSSR count). The van der Waals surface area contributed by atoms with Gasteiger partial charge in [-0.05, 0) is 55.8 Å². The molecule has 5 nitrogen and oxygen atoms in total. The number of rotatable bonds is 7. The van der Waals surface area contributed by atoms with Crippen molar-refractivity contribution >= 4 is 18.3 Å². The Balaban J connectivity index is 0.00000312. The quantitative estimate of drug-likeness (QED) is 0.797. The van der Waals surface area contributed by atoms with Crippen molar-refractivity contribution in [2.75, 3.05) is 27.2 Å². The van der Waals surface area contributed by atoms with Crippen LogP contribution in [0.5, 0.6) is 11.5 Å². The van der Waals surface area contributed by atoms with Gasteiger partial charge in [-0.15, -0.1) is 12.4 Å².